The van der Waals surface area contributed by atoms with Gasteiger partial charge in [-0.15, -0.1) is 4.20 Å². The molecule has 1 heterocycles. The number of aromatic amines is 2. The van der Waals surface area contributed by atoms with Gasteiger partial charge in [-0.05, 0) is 18.1 Å². The number of H-pyrrole nitrogens is 2. The molecule has 0 unspecified atom stereocenters. The topological polar surface area (TPSA) is 54.6 Å². The van der Waals surface area contributed by atoms with E-state index in [1.807, 2.05) is 0 Å². The Kier molecular flexibility index (Phi) is 9.21. The molecule has 0 saturated carbocycles. The van der Waals surface area contributed by atoms with Gasteiger partial charge in [-0.2, -0.15) is 0 Å². The van der Waals surface area contributed by atoms with Crippen molar-refractivity contribution in [2.75, 3.05) is 0 Å². The number of aromatic nitrogens is 2. The van der Waals surface area contributed by atoms with E-state index in [0.717, 1.165) is 0 Å². The van der Waals surface area contributed by atoms with E-state index < -0.39 is 0 Å². The second kappa shape index (κ2) is 6.92. The number of rotatable bonds is 1. The first-order valence-electron chi connectivity index (χ1n) is 2.32. The van der Waals surface area contributed by atoms with E-state index in [2.05, 4.69) is 47.0 Å². The molecule has 0 fully saturated rings. The summed E-state index contributed by atoms with van der Waals surface area (Å²) in [6.07, 6.45) is 0. The van der Waals surface area contributed by atoms with Crippen molar-refractivity contribution in [3.63, 3.8) is 0 Å². The van der Waals surface area contributed by atoms with Crippen LogP contribution < -0.4 is 64.2 Å². The molecule has 0 atom stereocenters. The molecular formula is C4H2N2Na2OS3. The monoisotopic (exact) mass is 236 g/mol. The van der Waals surface area contributed by atoms with E-state index in [1.165, 1.54) is 0 Å². The molecule has 8 heteroatoms. The molecule has 1 aromatic rings. The van der Waals surface area contributed by atoms with E-state index in [-0.39, 0.29) is 79.7 Å². The number of thiocarbonyl (C=S) groups is 1. The summed E-state index contributed by atoms with van der Waals surface area (Å²) in [5.74, 6) is -0.343. The van der Waals surface area contributed by atoms with E-state index in [4.69, 9.17) is 0 Å². The van der Waals surface area contributed by atoms with Gasteiger partial charge < -0.3 is 39.9 Å². The fourth-order valence-corrected chi connectivity index (χ4v) is 0.993. The fraction of sp³-hybridized carbons (Fsp3) is 0. The van der Waals surface area contributed by atoms with Gasteiger partial charge in [-0.3, -0.25) is 0 Å². The maximum atomic E-state index is 10.8. The summed E-state index contributed by atoms with van der Waals surface area (Å²) in [5.41, 5.74) is 0.204. The van der Waals surface area contributed by atoms with Crippen molar-refractivity contribution in [2.45, 2.75) is 0 Å². The quantitative estimate of drug-likeness (QED) is 0.290. The SMILES string of the molecule is [Na+].[Na+].[O-]c1[nH]c(=S)[nH]c1C(=S)[S-]. The van der Waals surface area contributed by atoms with Gasteiger partial charge in [0.1, 0.15) is 0 Å². The van der Waals surface area contributed by atoms with Gasteiger partial charge in [-0.25, -0.2) is 0 Å². The van der Waals surface area contributed by atoms with Crippen LogP contribution in [0.15, 0.2) is 0 Å². The number of hydrogen-bond donors (Lipinski definition) is 2. The third-order valence-corrected chi connectivity index (χ3v) is 1.51. The van der Waals surface area contributed by atoms with Crippen molar-refractivity contribution in [3.8, 4) is 5.88 Å². The second-order valence-electron chi connectivity index (χ2n) is 1.57. The minimum atomic E-state index is -0.343. The van der Waals surface area contributed by atoms with Gasteiger partial charge in [0.2, 0.25) is 0 Å². The van der Waals surface area contributed by atoms with Crippen LogP contribution in [-0.4, -0.2) is 14.2 Å². The summed E-state index contributed by atoms with van der Waals surface area (Å²) in [6, 6.07) is 0. The van der Waals surface area contributed by atoms with Crippen LogP contribution in [0.3, 0.4) is 0 Å². The van der Waals surface area contributed by atoms with Gasteiger partial charge >= 0.3 is 59.1 Å². The number of imidazole rings is 1. The Balaban J connectivity index is 0. The fourth-order valence-electron chi connectivity index (χ4n) is 0.511. The molecule has 3 nitrogen and oxygen atoms in total. The van der Waals surface area contributed by atoms with Crippen molar-refractivity contribution in [1.82, 2.24) is 9.97 Å². The zero-order valence-corrected chi connectivity index (χ0v) is 13.1. The molecule has 12 heavy (non-hydrogen) atoms. The third-order valence-electron chi connectivity index (χ3n) is 0.897. The predicted octanol–water partition coefficient (Wildman–Crippen LogP) is -5.62. The van der Waals surface area contributed by atoms with Crippen LogP contribution in [0, 0.1) is 4.77 Å². The first kappa shape index (κ1) is 16.0. The molecule has 0 aliphatic heterocycles. The molecule has 0 bridgehead atoms. The average Bonchev–Trinajstić information content (AvgIpc) is 2.10. The molecule has 1 rings (SSSR count). The van der Waals surface area contributed by atoms with Gasteiger partial charge in [0.05, 0.1) is 0 Å². The molecule has 0 radical (unpaired) electrons. The number of hydrogen-bond acceptors (Lipinski definition) is 4. The molecule has 1 aromatic heterocycles. The largest absolute Gasteiger partial charge is 1.00 e. The van der Waals surface area contributed by atoms with E-state index in [1.54, 1.807) is 0 Å². The summed E-state index contributed by atoms with van der Waals surface area (Å²) in [7, 11) is 0. The predicted molar refractivity (Wildman–Crippen MR) is 44.5 cm³/mol. The first-order chi connectivity index (χ1) is 4.61. The Morgan fingerprint density at radius 2 is 1.83 bits per heavy atom. The Labute approximate surface area is 130 Å². The molecule has 0 aliphatic rings. The van der Waals surface area contributed by atoms with Crippen LogP contribution >= 0.6 is 24.4 Å². The molecule has 0 saturated heterocycles. The normalized spacial score (nSPS) is 8.00. The minimum absolute atomic E-state index is 0. The Bertz CT molecular complexity index is 320. The van der Waals surface area contributed by atoms with Crippen molar-refractivity contribution in [3.05, 3.63) is 10.5 Å². The van der Waals surface area contributed by atoms with Crippen LogP contribution in [-0.2, 0) is 12.6 Å². The van der Waals surface area contributed by atoms with E-state index in [9.17, 15) is 5.11 Å². The molecular weight excluding hydrogens is 234 g/mol. The number of nitrogens with one attached hydrogen (secondary N) is 2. The summed E-state index contributed by atoms with van der Waals surface area (Å²) >= 11 is 13.8. The Morgan fingerprint density at radius 3 is 2.00 bits per heavy atom. The zero-order valence-electron chi connectivity index (χ0n) is 6.63. The van der Waals surface area contributed by atoms with Crippen LogP contribution in [0.2, 0.25) is 0 Å². The Morgan fingerprint density at radius 1 is 1.33 bits per heavy atom. The molecule has 2 N–H and O–H groups in total. The van der Waals surface area contributed by atoms with Crippen molar-refractivity contribution < 1.29 is 64.2 Å². The first-order valence-corrected chi connectivity index (χ1v) is 3.54. The van der Waals surface area contributed by atoms with Gasteiger partial charge in [0, 0.05) is 5.69 Å². The van der Waals surface area contributed by atoms with Crippen LogP contribution in [0.1, 0.15) is 5.69 Å². The molecule has 0 amide bonds. The van der Waals surface area contributed by atoms with Crippen LogP contribution in [0.5, 0.6) is 5.88 Å². The van der Waals surface area contributed by atoms with Gasteiger partial charge in [0.25, 0.3) is 0 Å². The maximum Gasteiger partial charge on any atom is 1.00 e. The summed E-state index contributed by atoms with van der Waals surface area (Å²) in [5, 5.41) is 10.8. The van der Waals surface area contributed by atoms with Crippen molar-refractivity contribution in [1.29, 1.82) is 0 Å². The smallest absolute Gasteiger partial charge is 0.859 e. The molecule has 0 aliphatic carbocycles. The Hall–Kier alpha value is 1.54. The van der Waals surface area contributed by atoms with E-state index in [0.29, 0.717) is 0 Å². The van der Waals surface area contributed by atoms with Crippen LogP contribution in [0.25, 0.3) is 0 Å². The standard InChI is InChI=1S/C4H4N2OS3.2Na/c7-2-1(3(8)9)5-4(10)6-2;;/h7H,(H,8,9)(H2,5,6,10);;/q;2*+1/p-2. The zero-order chi connectivity index (χ0) is 7.72. The maximum absolute atomic E-state index is 10.8. The second-order valence-corrected chi connectivity index (χ2v) is 3.05. The minimum Gasteiger partial charge on any atom is -0.859 e. The summed E-state index contributed by atoms with van der Waals surface area (Å²) < 4.78 is 0.365. The van der Waals surface area contributed by atoms with Gasteiger partial charge in [-0.1, -0.05) is 0 Å². The third kappa shape index (κ3) is 4.17. The van der Waals surface area contributed by atoms with E-state index >= 15 is 0 Å². The van der Waals surface area contributed by atoms with Crippen molar-refractivity contribution >= 4 is 41.3 Å². The molecule has 0 spiro atoms. The van der Waals surface area contributed by atoms with Crippen LogP contribution in [0.4, 0.5) is 0 Å². The summed E-state index contributed by atoms with van der Waals surface area (Å²) in [4.78, 5) is 4.88. The summed E-state index contributed by atoms with van der Waals surface area (Å²) in [6.45, 7) is 0. The van der Waals surface area contributed by atoms with Crippen molar-refractivity contribution in [2.24, 2.45) is 0 Å². The molecule has 54 valence electrons. The average molecular weight is 236 g/mol. The van der Waals surface area contributed by atoms with Gasteiger partial charge in [0.15, 0.2) is 4.77 Å². The molecule has 0 aromatic carbocycles.